The van der Waals surface area contributed by atoms with Crippen LogP contribution in [-0.2, 0) is 32.4 Å². The molecule has 0 saturated carbocycles. The lowest BCUT2D eigenvalue weighted by atomic mass is 9.98. The summed E-state index contributed by atoms with van der Waals surface area (Å²) < 4.78 is 42.9. The van der Waals surface area contributed by atoms with Crippen LogP contribution in [0.25, 0.3) is 55.0 Å². The van der Waals surface area contributed by atoms with Crippen LogP contribution in [0.5, 0.6) is 11.5 Å². The Morgan fingerprint density at radius 2 is 1.00 bits per heavy atom. The molecule has 0 saturated heterocycles. The summed E-state index contributed by atoms with van der Waals surface area (Å²) >= 11 is 0. The number of aryl methyl sites for hydroxylation is 2. The standard InChI is InChI=1S/2C32H40N4O4Si/c1-10-39-27-17-21(2)29-24(13-14-35(29)31(37)40-32(4,5)6)28(27)22(3)30-34-25-18-23(19-33)11-12-26(25)36(30)20-38-15-16-41(7,8)9;1-10-39-27-17-21(2)29-24(13-14-35(29)31(37)40-32(4,5)6)28(27)22(3)30-34-25-12-11-23(19-33)18-26(25)36(30)20-38-15-16-41(7,8)9/h2*11-14,17-18H,3,10,15-16,20H2,1-2,4-9H3. The van der Waals surface area contributed by atoms with E-state index < -0.39 is 39.5 Å². The molecule has 82 heavy (non-hydrogen) atoms. The fourth-order valence-corrected chi connectivity index (χ4v) is 11.0. The van der Waals surface area contributed by atoms with Crippen LogP contribution in [0.15, 0.2) is 86.2 Å². The largest absolute Gasteiger partial charge is 0.493 e. The molecule has 0 radical (unpaired) electrons. The molecule has 0 spiro atoms. The lowest BCUT2D eigenvalue weighted by molar-refractivity contribution is 0.0533. The monoisotopic (exact) mass is 1140 g/mol. The third kappa shape index (κ3) is 14.3. The molecular formula is C64H80N8O8Si2. The van der Waals surface area contributed by atoms with Crippen LogP contribution in [0.1, 0.15) is 100 Å². The summed E-state index contributed by atoms with van der Waals surface area (Å²) in [6, 6.07) is 25.0. The summed E-state index contributed by atoms with van der Waals surface area (Å²) in [5.74, 6) is 2.53. The first-order valence-corrected chi connectivity index (χ1v) is 35.3. The molecule has 0 fully saturated rings. The van der Waals surface area contributed by atoms with E-state index in [1.54, 1.807) is 30.6 Å². The van der Waals surface area contributed by atoms with Crippen LogP contribution in [0.4, 0.5) is 9.59 Å². The Labute approximate surface area is 484 Å². The van der Waals surface area contributed by atoms with Crippen LogP contribution in [0.3, 0.4) is 0 Å². The number of nitrogens with zero attached hydrogens (tertiary/aromatic N) is 8. The van der Waals surface area contributed by atoms with Gasteiger partial charge < -0.3 is 28.4 Å². The molecule has 8 aromatic rings. The van der Waals surface area contributed by atoms with Gasteiger partial charge in [0.2, 0.25) is 0 Å². The maximum atomic E-state index is 13.1. The summed E-state index contributed by atoms with van der Waals surface area (Å²) in [5.41, 5.74) is 8.79. The van der Waals surface area contributed by atoms with E-state index in [1.807, 2.05) is 121 Å². The van der Waals surface area contributed by atoms with Crippen molar-refractivity contribution in [2.24, 2.45) is 0 Å². The van der Waals surface area contributed by atoms with Crippen LogP contribution >= 0.6 is 0 Å². The lowest BCUT2D eigenvalue weighted by Gasteiger charge is -2.21. The average molecular weight is 1150 g/mol. The Morgan fingerprint density at radius 3 is 1.41 bits per heavy atom. The van der Waals surface area contributed by atoms with E-state index in [0.717, 1.165) is 72.7 Å². The highest BCUT2D eigenvalue weighted by atomic mass is 28.3. The number of ether oxygens (including phenoxy) is 6. The Morgan fingerprint density at radius 1 is 0.585 bits per heavy atom. The maximum absolute atomic E-state index is 13.1. The van der Waals surface area contributed by atoms with Gasteiger partial charge in [0.15, 0.2) is 0 Å². The molecule has 0 unspecified atom stereocenters. The van der Waals surface area contributed by atoms with Gasteiger partial charge in [-0.15, -0.1) is 0 Å². The number of imidazole rings is 2. The minimum Gasteiger partial charge on any atom is -0.493 e. The summed E-state index contributed by atoms with van der Waals surface area (Å²) in [6.07, 6.45) is 2.53. The van der Waals surface area contributed by atoms with E-state index in [1.165, 1.54) is 9.13 Å². The zero-order valence-electron chi connectivity index (χ0n) is 50.8. The van der Waals surface area contributed by atoms with Crippen molar-refractivity contribution in [1.29, 1.82) is 10.5 Å². The van der Waals surface area contributed by atoms with Crippen molar-refractivity contribution >= 4 is 83.4 Å². The highest BCUT2D eigenvalue weighted by Crippen LogP contribution is 2.42. The minimum absolute atomic E-state index is 0.266. The smallest absolute Gasteiger partial charge is 0.419 e. The lowest BCUT2D eigenvalue weighted by Crippen LogP contribution is -2.26. The molecule has 0 atom stereocenters. The first kappa shape index (κ1) is 61.9. The van der Waals surface area contributed by atoms with Gasteiger partial charge in [-0.05, 0) is 153 Å². The Kier molecular flexibility index (Phi) is 18.7. The van der Waals surface area contributed by atoms with Gasteiger partial charge in [0.1, 0.15) is 47.8 Å². The molecule has 0 N–H and O–H groups in total. The van der Waals surface area contributed by atoms with Crippen LogP contribution in [0, 0.1) is 36.5 Å². The number of carbonyl (C=O) groups excluding carboxylic acids is 2. The number of fused-ring (bicyclic) bond motifs is 4. The minimum atomic E-state index is -1.28. The first-order valence-electron chi connectivity index (χ1n) is 27.8. The zero-order chi connectivity index (χ0) is 60.2. The van der Waals surface area contributed by atoms with Crippen molar-refractivity contribution in [3.8, 4) is 23.6 Å². The van der Waals surface area contributed by atoms with Crippen LogP contribution in [-0.4, -0.2) is 94.2 Å². The molecule has 0 bridgehead atoms. The van der Waals surface area contributed by atoms with Gasteiger partial charge in [-0.3, -0.25) is 18.3 Å². The zero-order valence-corrected chi connectivity index (χ0v) is 52.8. The van der Waals surface area contributed by atoms with Crippen LogP contribution < -0.4 is 9.47 Å². The number of hydrogen-bond acceptors (Lipinski definition) is 12. The van der Waals surface area contributed by atoms with Crippen molar-refractivity contribution in [3.63, 3.8) is 0 Å². The number of aromatic nitrogens is 6. The topological polar surface area (TPSA) is 183 Å². The number of benzene rings is 4. The SMILES string of the molecule is C=C(c1c(OCC)cc(C)c2c1ccn2C(=O)OC(C)(C)C)c1nc2cc(C#N)ccc2n1COCC[Si](C)(C)C.C=C(c1c(OCC)cc(C)c2c1ccn2C(=O)OC(C)(C)C)c1nc2ccc(C#N)cc2n1COCC[Si](C)(C)C. The van der Waals surface area contributed by atoms with E-state index in [0.29, 0.717) is 84.1 Å². The second kappa shape index (κ2) is 24.8. The molecular weight excluding hydrogens is 1060 g/mol. The molecule has 4 heterocycles. The summed E-state index contributed by atoms with van der Waals surface area (Å²) in [6.45, 7) is 44.5. The molecule has 16 nitrogen and oxygen atoms in total. The van der Waals surface area contributed by atoms with Crippen molar-refractivity contribution in [1.82, 2.24) is 28.2 Å². The third-order valence-corrected chi connectivity index (χ3v) is 16.8. The fourth-order valence-electron chi connectivity index (χ4n) is 9.51. The van der Waals surface area contributed by atoms with Crippen molar-refractivity contribution < 1.29 is 38.0 Å². The number of carbonyl (C=O) groups is 2. The van der Waals surface area contributed by atoms with E-state index in [9.17, 15) is 20.1 Å². The number of hydrogen-bond donors (Lipinski definition) is 0. The highest BCUT2D eigenvalue weighted by Gasteiger charge is 2.29. The third-order valence-electron chi connectivity index (χ3n) is 13.4. The normalized spacial score (nSPS) is 12.1. The van der Waals surface area contributed by atoms with E-state index in [4.69, 9.17) is 38.4 Å². The fraction of sp³-hybridized carbons (Fsp3) is 0.406. The predicted octanol–water partition coefficient (Wildman–Crippen LogP) is 15.5. The first-order chi connectivity index (χ1) is 38.5. The second-order valence-electron chi connectivity index (χ2n) is 24.9. The quantitative estimate of drug-likeness (QED) is 0.0586. The average Bonchev–Trinajstić information content (AvgIpc) is 2.98. The number of rotatable bonds is 18. The Balaban J connectivity index is 0.000000236. The summed E-state index contributed by atoms with van der Waals surface area (Å²) in [4.78, 5) is 36.1. The van der Waals surface area contributed by atoms with Gasteiger partial charge in [-0.2, -0.15) is 10.5 Å². The van der Waals surface area contributed by atoms with Gasteiger partial charge in [0, 0.05) is 74.8 Å². The van der Waals surface area contributed by atoms with Gasteiger partial charge >= 0.3 is 12.2 Å². The molecule has 0 aliphatic rings. The summed E-state index contributed by atoms with van der Waals surface area (Å²) in [5, 5.41) is 20.7. The molecule has 8 rings (SSSR count). The van der Waals surface area contributed by atoms with Gasteiger partial charge in [0.25, 0.3) is 0 Å². The van der Waals surface area contributed by atoms with Gasteiger partial charge in [-0.25, -0.2) is 19.6 Å². The van der Waals surface area contributed by atoms with Crippen molar-refractivity contribution in [2.75, 3.05) is 26.4 Å². The number of nitriles is 2. The van der Waals surface area contributed by atoms with Gasteiger partial charge in [0.05, 0.1) is 69.6 Å². The van der Waals surface area contributed by atoms with E-state index in [2.05, 4.69) is 64.6 Å². The molecule has 4 aromatic carbocycles. The van der Waals surface area contributed by atoms with Crippen LogP contribution in [0.2, 0.25) is 51.4 Å². The molecule has 0 aliphatic carbocycles. The van der Waals surface area contributed by atoms with Crippen molar-refractivity contribution in [2.45, 2.75) is 145 Å². The van der Waals surface area contributed by atoms with E-state index in [-0.39, 0.29) is 6.73 Å². The molecule has 18 heteroatoms. The molecule has 0 amide bonds. The van der Waals surface area contributed by atoms with Gasteiger partial charge in [-0.1, -0.05) is 52.4 Å². The molecule has 432 valence electrons. The maximum Gasteiger partial charge on any atom is 0.419 e. The Hall–Kier alpha value is -7.75. The Bertz CT molecular complexity index is 3690. The molecule has 4 aromatic heterocycles. The highest BCUT2D eigenvalue weighted by molar-refractivity contribution is 6.76. The van der Waals surface area contributed by atoms with E-state index >= 15 is 0 Å². The predicted molar refractivity (Wildman–Crippen MR) is 332 cm³/mol. The van der Waals surface area contributed by atoms with Crippen molar-refractivity contribution in [3.05, 3.63) is 131 Å². The second-order valence-corrected chi connectivity index (χ2v) is 36.1. The summed E-state index contributed by atoms with van der Waals surface area (Å²) in [7, 11) is -2.55. The molecule has 0 aliphatic heterocycles.